The molecule has 0 fully saturated rings. The Morgan fingerprint density at radius 1 is 1.18 bits per heavy atom. The minimum atomic E-state index is -2.85. The molecule has 0 unspecified atom stereocenters. The van der Waals surface area contributed by atoms with Crippen molar-refractivity contribution >= 4 is 5.69 Å². The fraction of sp³-hybridized carbons (Fsp3) is 0.500. The number of nitrogen functional groups attached to an aromatic ring is 1. The Kier molecular flexibility index (Phi) is 6.65. The second-order valence-electron chi connectivity index (χ2n) is 3.32. The van der Waals surface area contributed by atoms with Crippen LogP contribution in [0, 0.1) is 5.82 Å². The molecule has 1 atom stereocenters. The van der Waals surface area contributed by atoms with E-state index < -0.39 is 17.8 Å². The van der Waals surface area contributed by atoms with E-state index in [0.717, 1.165) is 6.07 Å². The lowest BCUT2D eigenvalue weighted by Gasteiger charge is -2.15. The van der Waals surface area contributed by atoms with E-state index in [-0.39, 0.29) is 17.3 Å². The highest BCUT2D eigenvalue weighted by Gasteiger charge is 2.19. The van der Waals surface area contributed by atoms with Crippen LogP contribution in [-0.4, -0.2) is 7.05 Å². The first-order valence-electron chi connectivity index (χ1n) is 5.51. The van der Waals surface area contributed by atoms with Gasteiger partial charge in [-0.2, -0.15) is 0 Å². The molecule has 0 radical (unpaired) electrons. The lowest BCUT2D eigenvalue weighted by molar-refractivity contribution is 0.146. The van der Waals surface area contributed by atoms with Gasteiger partial charge in [0.05, 0.1) is 5.56 Å². The van der Waals surface area contributed by atoms with Crippen molar-refractivity contribution in [3.63, 3.8) is 0 Å². The average molecular weight is 248 g/mol. The minimum absolute atomic E-state index is 0.142. The van der Waals surface area contributed by atoms with E-state index in [4.69, 9.17) is 5.73 Å². The predicted molar refractivity (Wildman–Crippen MR) is 64.6 cm³/mol. The van der Waals surface area contributed by atoms with Gasteiger partial charge in [-0.3, -0.25) is 0 Å². The predicted octanol–water partition coefficient (Wildman–Crippen LogP) is 3.65. The van der Waals surface area contributed by atoms with E-state index in [1.54, 1.807) is 14.0 Å². The van der Waals surface area contributed by atoms with Crippen molar-refractivity contribution in [2.24, 2.45) is 0 Å². The molecule has 1 aromatic rings. The number of benzene rings is 1. The van der Waals surface area contributed by atoms with Crippen molar-refractivity contribution in [3.8, 4) is 0 Å². The molecule has 98 valence electrons. The highest BCUT2D eigenvalue weighted by molar-refractivity contribution is 5.47. The number of nitrogens with one attached hydrogen (secondary N) is 1. The molecule has 0 bridgehead atoms. The highest BCUT2D eigenvalue weighted by Crippen LogP contribution is 2.29. The van der Waals surface area contributed by atoms with Gasteiger partial charge in [0.15, 0.2) is 0 Å². The number of hydrogen-bond donors (Lipinski definition) is 2. The second-order valence-corrected chi connectivity index (χ2v) is 3.32. The van der Waals surface area contributed by atoms with Crippen molar-refractivity contribution < 1.29 is 13.2 Å². The first-order valence-corrected chi connectivity index (χ1v) is 5.51. The largest absolute Gasteiger partial charge is 0.399 e. The summed E-state index contributed by atoms with van der Waals surface area (Å²) < 4.78 is 38.4. The van der Waals surface area contributed by atoms with Gasteiger partial charge in [0.2, 0.25) is 0 Å². The summed E-state index contributed by atoms with van der Waals surface area (Å²) in [7, 11) is 1.62. The Morgan fingerprint density at radius 3 is 2.06 bits per heavy atom. The third kappa shape index (κ3) is 3.93. The fourth-order valence-electron chi connectivity index (χ4n) is 1.32. The zero-order valence-corrected chi connectivity index (χ0v) is 10.5. The van der Waals surface area contributed by atoms with Crippen molar-refractivity contribution in [2.75, 3.05) is 12.8 Å². The molecule has 1 rings (SSSR count). The van der Waals surface area contributed by atoms with Gasteiger partial charge in [-0.15, -0.1) is 0 Å². The van der Waals surface area contributed by atoms with Crippen LogP contribution in [0.4, 0.5) is 18.9 Å². The molecule has 0 amide bonds. The molecule has 1 aromatic carbocycles. The van der Waals surface area contributed by atoms with Gasteiger partial charge in [0, 0.05) is 17.3 Å². The van der Waals surface area contributed by atoms with E-state index in [1.807, 2.05) is 13.8 Å². The zero-order chi connectivity index (χ0) is 13.6. The van der Waals surface area contributed by atoms with Crippen LogP contribution >= 0.6 is 0 Å². The molecule has 3 N–H and O–H groups in total. The van der Waals surface area contributed by atoms with Crippen LogP contribution < -0.4 is 11.1 Å². The molecular weight excluding hydrogens is 229 g/mol. The molecule has 0 heterocycles. The summed E-state index contributed by atoms with van der Waals surface area (Å²) in [6.07, 6.45) is -2.85. The number of alkyl halides is 2. The third-order valence-electron chi connectivity index (χ3n) is 2.29. The van der Waals surface area contributed by atoms with Gasteiger partial charge in [-0.05, 0) is 26.1 Å². The zero-order valence-electron chi connectivity index (χ0n) is 10.5. The number of anilines is 1. The molecule has 0 saturated carbocycles. The summed E-state index contributed by atoms with van der Waals surface area (Å²) in [6, 6.07) is 1.97. The summed E-state index contributed by atoms with van der Waals surface area (Å²) in [6.45, 7) is 5.67. The Morgan fingerprint density at radius 2 is 1.65 bits per heavy atom. The van der Waals surface area contributed by atoms with E-state index in [2.05, 4.69) is 5.32 Å². The molecule has 0 aliphatic carbocycles. The van der Waals surface area contributed by atoms with Crippen LogP contribution in [0.2, 0.25) is 0 Å². The second kappa shape index (κ2) is 7.17. The van der Waals surface area contributed by atoms with Crippen LogP contribution in [0.5, 0.6) is 0 Å². The summed E-state index contributed by atoms with van der Waals surface area (Å²) >= 11 is 0. The molecule has 0 aromatic heterocycles. The highest BCUT2D eigenvalue weighted by atomic mass is 19.3. The third-order valence-corrected chi connectivity index (χ3v) is 2.29. The number of nitrogens with two attached hydrogens (primary N) is 1. The van der Waals surface area contributed by atoms with Gasteiger partial charge < -0.3 is 11.1 Å². The van der Waals surface area contributed by atoms with Crippen LogP contribution in [0.1, 0.15) is 44.4 Å². The smallest absolute Gasteiger partial charge is 0.266 e. The number of halogens is 3. The van der Waals surface area contributed by atoms with Crippen molar-refractivity contribution in [2.45, 2.75) is 33.2 Å². The SMILES string of the molecule is CC.CN[C@H](C)c1cc(N)cc(C(F)F)c1F. The maximum absolute atomic E-state index is 13.6. The normalized spacial score (nSPS) is 12.0. The summed E-state index contributed by atoms with van der Waals surface area (Å²) in [5.74, 6) is -0.888. The fourth-order valence-corrected chi connectivity index (χ4v) is 1.32. The van der Waals surface area contributed by atoms with Crippen LogP contribution in [0.3, 0.4) is 0 Å². The maximum Gasteiger partial charge on any atom is 0.266 e. The molecule has 0 aliphatic rings. The number of hydrogen-bond acceptors (Lipinski definition) is 2. The molecule has 17 heavy (non-hydrogen) atoms. The van der Waals surface area contributed by atoms with E-state index in [9.17, 15) is 13.2 Å². The summed E-state index contributed by atoms with van der Waals surface area (Å²) in [5, 5.41) is 2.77. The standard InChI is InChI=1S/C10H13F3N2.C2H6/c1-5(15-2)7-3-6(14)4-8(9(7)11)10(12)13;1-2/h3-5,10,15H,14H2,1-2H3;1-2H3/t5-;/m1./s1. The molecule has 5 heteroatoms. The Balaban J connectivity index is 0.00000121. The molecule has 0 spiro atoms. The van der Waals surface area contributed by atoms with Crippen LogP contribution in [0.25, 0.3) is 0 Å². The lowest BCUT2D eigenvalue weighted by Crippen LogP contribution is -2.15. The monoisotopic (exact) mass is 248 g/mol. The Hall–Kier alpha value is -1.23. The number of rotatable bonds is 3. The summed E-state index contributed by atoms with van der Waals surface area (Å²) in [4.78, 5) is 0. The topological polar surface area (TPSA) is 38.0 Å². The molecular formula is C12H19F3N2. The quantitative estimate of drug-likeness (QED) is 0.801. The molecule has 0 saturated heterocycles. The van der Waals surface area contributed by atoms with Gasteiger partial charge in [0.1, 0.15) is 5.82 Å². The van der Waals surface area contributed by atoms with Crippen molar-refractivity contribution in [3.05, 3.63) is 29.1 Å². The lowest BCUT2D eigenvalue weighted by atomic mass is 10.0. The van der Waals surface area contributed by atoms with Crippen molar-refractivity contribution in [1.29, 1.82) is 0 Å². The molecule has 0 aliphatic heterocycles. The van der Waals surface area contributed by atoms with E-state index in [0.29, 0.717) is 0 Å². The van der Waals surface area contributed by atoms with Gasteiger partial charge in [0.25, 0.3) is 6.43 Å². The minimum Gasteiger partial charge on any atom is -0.399 e. The first kappa shape index (κ1) is 15.8. The summed E-state index contributed by atoms with van der Waals surface area (Å²) in [5.41, 5.74) is 5.09. The van der Waals surface area contributed by atoms with Crippen molar-refractivity contribution in [1.82, 2.24) is 5.32 Å². The molecule has 2 nitrogen and oxygen atoms in total. The van der Waals surface area contributed by atoms with E-state index in [1.165, 1.54) is 6.07 Å². The Bertz CT molecular complexity index is 354. The van der Waals surface area contributed by atoms with Crippen LogP contribution in [0.15, 0.2) is 12.1 Å². The van der Waals surface area contributed by atoms with E-state index >= 15 is 0 Å². The van der Waals surface area contributed by atoms with Gasteiger partial charge in [-0.1, -0.05) is 13.8 Å². The van der Waals surface area contributed by atoms with Gasteiger partial charge >= 0.3 is 0 Å². The van der Waals surface area contributed by atoms with Gasteiger partial charge in [-0.25, -0.2) is 13.2 Å². The average Bonchev–Trinajstić information content (AvgIpc) is 2.33. The van der Waals surface area contributed by atoms with Crippen LogP contribution in [-0.2, 0) is 0 Å². The Labute approximate surface area is 100 Å². The first-order chi connectivity index (χ1) is 7.97. The maximum atomic E-state index is 13.6.